The van der Waals surface area contributed by atoms with Gasteiger partial charge in [-0.2, -0.15) is 0 Å². The second-order valence-electron chi connectivity index (χ2n) is 6.90. The van der Waals surface area contributed by atoms with Gasteiger partial charge in [0.15, 0.2) is 6.61 Å². The Morgan fingerprint density at radius 2 is 1.90 bits per heavy atom. The van der Waals surface area contributed by atoms with Gasteiger partial charge in [0.2, 0.25) is 5.91 Å². The molecule has 0 saturated carbocycles. The quantitative estimate of drug-likeness (QED) is 0.679. The van der Waals surface area contributed by atoms with Crippen LogP contribution in [0.4, 0.5) is 5.69 Å². The molecule has 29 heavy (non-hydrogen) atoms. The normalized spacial score (nSPS) is 16.3. The zero-order valence-corrected chi connectivity index (χ0v) is 17.3. The predicted octanol–water partition coefficient (Wildman–Crippen LogP) is 3.61. The van der Waals surface area contributed by atoms with Crippen molar-refractivity contribution >= 4 is 35.2 Å². The number of hydrogen-bond donors (Lipinski definition) is 2. The molecule has 6 nitrogen and oxygen atoms in total. The lowest BCUT2D eigenvalue weighted by molar-refractivity contribution is -0.149. The molecule has 1 aliphatic rings. The SMILES string of the molecule is CC[C@H](NC(=O)COC(=O)C[C@H]1Sc2ccccc2NC1=O)c1ccc(C)cc1. The number of nitrogens with one attached hydrogen (secondary N) is 2. The third kappa shape index (κ3) is 5.60. The first-order valence-corrected chi connectivity index (χ1v) is 10.4. The summed E-state index contributed by atoms with van der Waals surface area (Å²) < 4.78 is 5.10. The smallest absolute Gasteiger partial charge is 0.307 e. The summed E-state index contributed by atoms with van der Waals surface area (Å²) in [7, 11) is 0. The number of benzene rings is 2. The first-order valence-electron chi connectivity index (χ1n) is 9.54. The van der Waals surface area contributed by atoms with Gasteiger partial charge >= 0.3 is 5.97 Å². The van der Waals surface area contributed by atoms with Crippen molar-refractivity contribution < 1.29 is 19.1 Å². The van der Waals surface area contributed by atoms with Crippen LogP contribution >= 0.6 is 11.8 Å². The van der Waals surface area contributed by atoms with E-state index in [1.807, 2.05) is 62.4 Å². The Bertz CT molecular complexity index is 898. The van der Waals surface area contributed by atoms with E-state index in [0.717, 1.165) is 28.1 Å². The van der Waals surface area contributed by atoms with Crippen molar-refractivity contribution in [1.29, 1.82) is 0 Å². The van der Waals surface area contributed by atoms with Crippen LogP contribution in [0, 0.1) is 6.92 Å². The van der Waals surface area contributed by atoms with Crippen LogP contribution in [0.25, 0.3) is 0 Å². The standard InChI is InChI=1S/C22H24N2O4S/c1-3-16(15-10-8-14(2)9-11-15)23-20(25)13-28-21(26)12-19-22(27)24-17-6-4-5-7-18(17)29-19/h4-11,16,19H,3,12-13H2,1-2H3,(H,23,25)(H,24,27)/t16-,19+/m0/s1. The van der Waals surface area contributed by atoms with Crippen LogP contribution in [0.15, 0.2) is 53.4 Å². The molecule has 2 aromatic rings. The highest BCUT2D eigenvalue weighted by atomic mass is 32.2. The maximum absolute atomic E-state index is 12.2. The first kappa shape index (κ1) is 20.9. The number of carbonyl (C=O) groups is 3. The van der Waals surface area contributed by atoms with Gasteiger partial charge in [-0.15, -0.1) is 11.8 Å². The number of thioether (sulfide) groups is 1. The van der Waals surface area contributed by atoms with E-state index < -0.39 is 11.2 Å². The molecular formula is C22H24N2O4S. The molecule has 0 bridgehead atoms. The molecule has 0 aliphatic carbocycles. The first-order chi connectivity index (χ1) is 14.0. The molecule has 1 aliphatic heterocycles. The summed E-state index contributed by atoms with van der Waals surface area (Å²) in [5.74, 6) is -1.17. The van der Waals surface area contributed by atoms with Gasteiger partial charge in [0.05, 0.1) is 23.4 Å². The Morgan fingerprint density at radius 1 is 1.17 bits per heavy atom. The topological polar surface area (TPSA) is 84.5 Å². The van der Waals surface area contributed by atoms with E-state index in [0.29, 0.717) is 0 Å². The maximum atomic E-state index is 12.2. The number of ether oxygens (including phenoxy) is 1. The van der Waals surface area contributed by atoms with Crippen LogP contribution in [-0.4, -0.2) is 29.6 Å². The third-order valence-corrected chi connectivity index (χ3v) is 5.92. The van der Waals surface area contributed by atoms with Gasteiger partial charge in [-0.25, -0.2) is 0 Å². The van der Waals surface area contributed by atoms with E-state index in [1.54, 1.807) is 0 Å². The average molecular weight is 413 g/mol. The van der Waals surface area contributed by atoms with E-state index in [4.69, 9.17) is 4.74 Å². The second-order valence-corrected chi connectivity index (χ2v) is 8.14. The number of rotatable bonds is 7. The fraction of sp³-hybridized carbons (Fsp3) is 0.318. The minimum absolute atomic E-state index is 0.0900. The van der Waals surface area contributed by atoms with E-state index >= 15 is 0 Å². The van der Waals surface area contributed by atoms with Gasteiger partial charge in [0, 0.05) is 4.90 Å². The number of aryl methyl sites for hydroxylation is 1. The van der Waals surface area contributed by atoms with Crippen molar-refractivity contribution in [2.45, 2.75) is 42.9 Å². The molecule has 2 atom stereocenters. The van der Waals surface area contributed by atoms with Crippen LogP contribution in [0.3, 0.4) is 0 Å². The molecule has 2 aromatic carbocycles. The predicted molar refractivity (Wildman–Crippen MR) is 113 cm³/mol. The summed E-state index contributed by atoms with van der Waals surface area (Å²) in [4.78, 5) is 37.4. The molecule has 3 rings (SSSR count). The highest BCUT2D eigenvalue weighted by Crippen LogP contribution is 2.36. The van der Waals surface area contributed by atoms with Crippen LogP contribution < -0.4 is 10.6 Å². The lowest BCUT2D eigenvalue weighted by Gasteiger charge is -2.23. The minimum atomic E-state index is -0.574. The van der Waals surface area contributed by atoms with Gasteiger partial charge in [0.1, 0.15) is 0 Å². The molecule has 7 heteroatoms. The second kappa shape index (κ2) is 9.60. The molecule has 0 aromatic heterocycles. The molecular weight excluding hydrogens is 388 g/mol. The lowest BCUT2D eigenvalue weighted by atomic mass is 10.0. The number of esters is 1. The summed E-state index contributed by atoms with van der Waals surface area (Å²) >= 11 is 1.33. The van der Waals surface area contributed by atoms with Gasteiger partial charge in [0.25, 0.3) is 5.91 Å². The molecule has 2 amide bonds. The van der Waals surface area contributed by atoms with Crippen LogP contribution in [-0.2, 0) is 19.1 Å². The summed E-state index contributed by atoms with van der Waals surface area (Å²) in [6, 6.07) is 15.2. The number of fused-ring (bicyclic) bond motifs is 1. The van der Waals surface area contributed by atoms with E-state index in [1.165, 1.54) is 11.8 Å². The van der Waals surface area contributed by atoms with Gasteiger partial charge in [-0.05, 0) is 31.0 Å². The Kier molecular flexibility index (Phi) is 6.93. The van der Waals surface area contributed by atoms with Crippen molar-refractivity contribution in [1.82, 2.24) is 5.32 Å². The average Bonchev–Trinajstić information content (AvgIpc) is 2.72. The van der Waals surface area contributed by atoms with Crippen LogP contribution in [0.2, 0.25) is 0 Å². The van der Waals surface area contributed by atoms with E-state index in [2.05, 4.69) is 10.6 Å². The van der Waals surface area contributed by atoms with Crippen molar-refractivity contribution in [3.63, 3.8) is 0 Å². The van der Waals surface area contributed by atoms with Crippen LogP contribution in [0.5, 0.6) is 0 Å². The van der Waals surface area contributed by atoms with E-state index in [-0.39, 0.29) is 30.9 Å². The molecule has 0 radical (unpaired) electrons. The molecule has 0 unspecified atom stereocenters. The molecule has 152 valence electrons. The van der Waals surface area contributed by atoms with Crippen molar-refractivity contribution in [2.75, 3.05) is 11.9 Å². The molecule has 0 spiro atoms. The number of hydrogen-bond acceptors (Lipinski definition) is 5. The molecule has 0 saturated heterocycles. The minimum Gasteiger partial charge on any atom is -0.456 e. The molecule has 0 fully saturated rings. The summed E-state index contributed by atoms with van der Waals surface area (Å²) in [5.41, 5.74) is 2.90. The number of carbonyl (C=O) groups excluding carboxylic acids is 3. The van der Waals surface area contributed by atoms with Crippen molar-refractivity contribution in [3.05, 3.63) is 59.7 Å². The van der Waals surface area contributed by atoms with Crippen LogP contribution in [0.1, 0.15) is 36.9 Å². The van der Waals surface area contributed by atoms with Gasteiger partial charge in [-0.3, -0.25) is 14.4 Å². The third-order valence-electron chi connectivity index (χ3n) is 4.65. The number of anilines is 1. The largest absolute Gasteiger partial charge is 0.456 e. The zero-order chi connectivity index (χ0) is 20.8. The van der Waals surface area contributed by atoms with Gasteiger partial charge < -0.3 is 15.4 Å². The fourth-order valence-electron chi connectivity index (χ4n) is 3.04. The number of para-hydroxylation sites is 1. The van der Waals surface area contributed by atoms with E-state index in [9.17, 15) is 14.4 Å². The molecule has 1 heterocycles. The fourth-order valence-corrected chi connectivity index (χ4v) is 4.13. The Morgan fingerprint density at radius 3 is 2.62 bits per heavy atom. The monoisotopic (exact) mass is 412 g/mol. The summed E-state index contributed by atoms with van der Waals surface area (Å²) in [6.07, 6.45) is 0.633. The highest BCUT2D eigenvalue weighted by Gasteiger charge is 2.29. The van der Waals surface area contributed by atoms with Crippen molar-refractivity contribution in [3.8, 4) is 0 Å². The van der Waals surface area contributed by atoms with Gasteiger partial charge in [-0.1, -0.05) is 48.9 Å². The highest BCUT2D eigenvalue weighted by molar-refractivity contribution is 8.01. The van der Waals surface area contributed by atoms with Crippen molar-refractivity contribution in [2.24, 2.45) is 0 Å². The number of amides is 2. The zero-order valence-electron chi connectivity index (χ0n) is 16.4. The Hall–Kier alpha value is -2.80. The Labute approximate surface area is 174 Å². The Balaban J connectivity index is 1.48. The summed E-state index contributed by atoms with van der Waals surface area (Å²) in [5, 5.41) is 5.10. The maximum Gasteiger partial charge on any atom is 0.307 e. The molecule has 2 N–H and O–H groups in total. The summed E-state index contributed by atoms with van der Waals surface area (Å²) in [6.45, 7) is 3.62. The lowest BCUT2D eigenvalue weighted by Crippen LogP contribution is -2.34.